The lowest BCUT2D eigenvalue weighted by atomic mass is 9.99. The van der Waals surface area contributed by atoms with E-state index in [0.29, 0.717) is 32.0 Å². The van der Waals surface area contributed by atoms with E-state index in [-0.39, 0.29) is 6.03 Å². The van der Waals surface area contributed by atoms with Crippen LogP contribution in [-0.4, -0.2) is 41.6 Å². The molecule has 0 saturated carbocycles. The van der Waals surface area contributed by atoms with Gasteiger partial charge in [0.25, 0.3) is 0 Å². The molecular formula is C13H24N2O3. The highest BCUT2D eigenvalue weighted by Gasteiger charge is 2.27. The minimum Gasteiger partial charge on any atom is -0.481 e. The molecule has 1 fully saturated rings. The van der Waals surface area contributed by atoms with Crippen molar-refractivity contribution in [2.75, 3.05) is 19.6 Å². The minimum atomic E-state index is -0.799. The summed E-state index contributed by atoms with van der Waals surface area (Å²) in [4.78, 5) is 24.4. The van der Waals surface area contributed by atoms with E-state index in [4.69, 9.17) is 5.11 Å². The Morgan fingerprint density at radius 1 is 1.44 bits per heavy atom. The van der Waals surface area contributed by atoms with E-state index in [0.717, 1.165) is 19.3 Å². The fourth-order valence-electron chi connectivity index (χ4n) is 2.18. The molecular weight excluding hydrogens is 232 g/mol. The summed E-state index contributed by atoms with van der Waals surface area (Å²) < 4.78 is 0. The van der Waals surface area contributed by atoms with E-state index < -0.39 is 11.9 Å². The summed E-state index contributed by atoms with van der Waals surface area (Å²) in [5.74, 6) is -0.555. The number of hydrogen-bond donors (Lipinski definition) is 2. The van der Waals surface area contributed by atoms with Gasteiger partial charge in [0, 0.05) is 19.6 Å². The first-order chi connectivity index (χ1) is 8.50. The number of carboxylic acids is 1. The maximum atomic E-state index is 11.8. The number of carbonyl (C=O) groups excluding carboxylic acids is 1. The molecule has 104 valence electrons. The molecule has 1 unspecified atom stereocenters. The fraction of sp³-hybridized carbons (Fsp3) is 0.846. The van der Waals surface area contributed by atoms with E-state index in [9.17, 15) is 9.59 Å². The number of likely N-dealkylation sites (tertiary alicyclic amines) is 1. The van der Waals surface area contributed by atoms with Crippen molar-refractivity contribution < 1.29 is 14.7 Å². The Balaban J connectivity index is 2.26. The van der Waals surface area contributed by atoms with Gasteiger partial charge in [0.15, 0.2) is 0 Å². The van der Waals surface area contributed by atoms with E-state index in [2.05, 4.69) is 19.2 Å². The molecule has 1 aliphatic rings. The molecule has 2 N–H and O–H groups in total. The molecule has 1 heterocycles. The van der Waals surface area contributed by atoms with Crippen LogP contribution in [0.15, 0.2) is 0 Å². The van der Waals surface area contributed by atoms with Crippen LogP contribution in [0, 0.1) is 11.8 Å². The van der Waals surface area contributed by atoms with Crippen LogP contribution in [0.3, 0.4) is 0 Å². The third-order valence-electron chi connectivity index (χ3n) is 3.29. The molecule has 18 heavy (non-hydrogen) atoms. The van der Waals surface area contributed by atoms with Crippen LogP contribution >= 0.6 is 0 Å². The van der Waals surface area contributed by atoms with Crippen molar-refractivity contribution in [3.05, 3.63) is 0 Å². The quantitative estimate of drug-likeness (QED) is 0.738. The van der Waals surface area contributed by atoms with Gasteiger partial charge in [-0.2, -0.15) is 0 Å². The van der Waals surface area contributed by atoms with Crippen LogP contribution in [-0.2, 0) is 4.79 Å². The molecule has 0 spiro atoms. The van der Waals surface area contributed by atoms with Crippen molar-refractivity contribution in [2.24, 2.45) is 11.8 Å². The van der Waals surface area contributed by atoms with Crippen LogP contribution in [0.5, 0.6) is 0 Å². The Bertz CT molecular complexity index is 292. The highest BCUT2D eigenvalue weighted by Crippen LogP contribution is 2.16. The summed E-state index contributed by atoms with van der Waals surface area (Å²) in [6.45, 7) is 5.99. The summed E-state index contributed by atoms with van der Waals surface area (Å²) in [7, 11) is 0. The zero-order valence-corrected chi connectivity index (χ0v) is 11.3. The number of nitrogens with zero attached hydrogens (tertiary/aromatic N) is 1. The lowest BCUT2D eigenvalue weighted by molar-refractivity contribution is -0.143. The average Bonchev–Trinajstić information content (AvgIpc) is 2.34. The molecule has 2 amide bonds. The van der Waals surface area contributed by atoms with Crippen molar-refractivity contribution in [3.8, 4) is 0 Å². The smallest absolute Gasteiger partial charge is 0.317 e. The molecule has 0 aliphatic carbocycles. The van der Waals surface area contributed by atoms with Gasteiger partial charge in [-0.15, -0.1) is 0 Å². The molecule has 5 heteroatoms. The summed E-state index contributed by atoms with van der Waals surface area (Å²) in [6.07, 6.45) is 3.51. The lowest BCUT2D eigenvalue weighted by Crippen LogP contribution is -2.47. The van der Waals surface area contributed by atoms with Crippen LogP contribution in [0.1, 0.15) is 39.5 Å². The molecule has 1 aliphatic heterocycles. The SMILES string of the molecule is CC(C)CCCNC(=O)N1CCCC(C(=O)O)C1. The Morgan fingerprint density at radius 2 is 2.17 bits per heavy atom. The Morgan fingerprint density at radius 3 is 2.78 bits per heavy atom. The summed E-state index contributed by atoms with van der Waals surface area (Å²) in [5, 5.41) is 11.8. The topological polar surface area (TPSA) is 69.6 Å². The van der Waals surface area contributed by atoms with Crippen molar-refractivity contribution in [2.45, 2.75) is 39.5 Å². The Hall–Kier alpha value is -1.26. The van der Waals surface area contributed by atoms with Gasteiger partial charge in [-0.05, 0) is 31.6 Å². The van der Waals surface area contributed by atoms with Crippen molar-refractivity contribution in [1.82, 2.24) is 10.2 Å². The second-order valence-electron chi connectivity index (χ2n) is 5.39. The standard InChI is InChI=1S/C13H24N2O3/c1-10(2)5-3-7-14-13(18)15-8-4-6-11(9-15)12(16)17/h10-11H,3-9H2,1-2H3,(H,14,18)(H,16,17). The zero-order chi connectivity index (χ0) is 13.5. The number of urea groups is 1. The predicted molar refractivity (Wildman–Crippen MR) is 69.4 cm³/mol. The zero-order valence-electron chi connectivity index (χ0n) is 11.3. The monoisotopic (exact) mass is 256 g/mol. The molecule has 0 aromatic rings. The maximum Gasteiger partial charge on any atom is 0.317 e. The molecule has 0 aromatic carbocycles. The Kier molecular flexibility index (Phi) is 5.95. The van der Waals surface area contributed by atoms with E-state index in [1.165, 1.54) is 0 Å². The van der Waals surface area contributed by atoms with Gasteiger partial charge < -0.3 is 15.3 Å². The van der Waals surface area contributed by atoms with Crippen molar-refractivity contribution in [1.29, 1.82) is 0 Å². The fourth-order valence-corrected chi connectivity index (χ4v) is 2.18. The van der Waals surface area contributed by atoms with Crippen molar-refractivity contribution >= 4 is 12.0 Å². The van der Waals surface area contributed by atoms with Crippen LogP contribution in [0.2, 0.25) is 0 Å². The average molecular weight is 256 g/mol. The number of rotatable bonds is 5. The summed E-state index contributed by atoms with van der Waals surface area (Å²) >= 11 is 0. The first-order valence-electron chi connectivity index (χ1n) is 6.76. The number of carbonyl (C=O) groups is 2. The van der Waals surface area contributed by atoms with Gasteiger partial charge in [0.1, 0.15) is 0 Å². The van der Waals surface area contributed by atoms with Crippen molar-refractivity contribution in [3.63, 3.8) is 0 Å². The molecule has 0 bridgehead atoms. The van der Waals surface area contributed by atoms with Gasteiger partial charge in [-0.25, -0.2) is 4.79 Å². The highest BCUT2D eigenvalue weighted by atomic mass is 16.4. The molecule has 5 nitrogen and oxygen atoms in total. The number of amides is 2. The van der Waals surface area contributed by atoms with Gasteiger partial charge in [-0.3, -0.25) is 4.79 Å². The number of hydrogen-bond acceptors (Lipinski definition) is 2. The first kappa shape index (κ1) is 14.8. The van der Waals surface area contributed by atoms with Gasteiger partial charge in [0.05, 0.1) is 5.92 Å². The van der Waals surface area contributed by atoms with Crippen LogP contribution in [0.25, 0.3) is 0 Å². The number of aliphatic carboxylic acids is 1. The van der Waals surface area contributed by atoms with Gasteiger partial charge in [0.2, 0.25) is 0 Å². The number of carboxylic acid groups (broad SMARTS) is 1. The molecule has 0 radical (unpaired) electrons. The summed E-state index contributed by atoms with van der Waals surface area (Å²) in [5.41, 5.74) is 0. The van der Waals surface area contributed by atoms with E-state index in [1.54, 1.807) is 4.90 Å². The van der Waals surface area contributed by atoms with Gasteiger partial charge in [-0.1, -0.05) is 13.8 Å². The predicted octanol–water partition coefficient (Wildman–Crippen LogP) is 1.93. The molecule has 1 rings (SSSR count). The van der Waals surface area contributed by atoms with Gasteiger partial charge >= 0.3 is 12.0 Å². The normalized spacial score (nSPS) is 19.9. The highest BCUT2D eigenvalue weighted by molar-refractivity contribution is 5.76. The lowest BCUT2D eigenvalue weighted by Gasteiger charge is -2.30. The molecule has 1 saturated heterocycles. The largest absolute Gasteiger partial charge is 0.481 e. The molecule has 1 atom stereocenters. The second kappa shape index (κ2) is 7.24. The summed E-state index contributed by atoms with van der Waals surface area (Å²) in [6, 6.07) is -0.121. The third-order valence-corrected chi connectivity index (χ3v) is 3.29. The third kappa shape index (κ3) is 4.94. The van der Waals surface area contributed by atoms with E-state index in [1.807, 2.05) is 0 Å². The van der Waals surface area contributed by atoms with Crippen LogP contribution in [0.4, 0.5) is 4.79 Å². The molecule has 0 aromatic heterocycles. The van der Waals surface area contributed by atoms with E-state index >= 15 is 0 Å². The number of nitrogens with one attached hydrogen (secondary N) is 1. The minimum absolute atomic E-state index is 0.121. The Labute approximate surface area is 109 Å². The maximum absolute atomic E-state index is 11.8. The van der Waals surface area contributed by atoms with Crippen LogP contribution < -0.4 is 5.32 Å². The first-order valence-corrected chi connectivity index (χ1v) is 6.76. The number of piperidine rings is 1. The second-order valence-corrected chi connectivity index (χ2v) is 5.39.